The summed E-state index contributed by atoms with van der Waals surface area (Å²) in [5, 5.41) is 1.63. The summed E-state index contributed by atoms with van der Waals surface area (Å²) in [4.78, 5) is 23.8. The third-order valence-electron chi connectivity index (χ3n) is 0.870. The zero-order chi connectivity index (χ0) is 6.85. The lowest BCUT2D eigenvalue weighted by molar-refractivity contribution is -0.106. The van der Waals surface area contributed by atoms with Crippen LogP contribution in [0.2, 0.25) is 0 Å². The molecule has 0 aromatic carbocycles. The van der Waals surface area contributed by atoms with Gasteiger partial charge in [0.1, 0.15) is 5.71 Å². The van der Waals surface area contributed by atoms with Crippen LogP contribution in [0.3, 0.4) is 0 Å². The van der Waals surface area contributed by atoms with Crippen LogP contribution >= 0.6 is 11.6 Å². The van der Waals surface area contributed by atoms with Gasteiger partial charge in [-0.15, -0.1) is 0 Å². The zero-order valence-electron chi connectivity index (χ0n) is 4.35. The number of nitrogens with one attached hydrogen (secondary N) is 1. The molecule has 0 atom stereocenters. The SMILES string of the molecule is O=C1N=C(C(=O)Cl)CN1. The van der Waals surface area contributed by atoms with Gasteiger partial charge in [0.15, 0.2) is 0 Å². The molecule has 1 N–H and O–H groups in total. The molecule has 0 aromatic rings. The van der Waals surface area contributed by atoms with E-state index in [4.69, 9.17) is 11.6 Å². The monoisotopic (exact) mass is 146 g/mol. The van der Waals surface area contributed by atoms with Gasteiger partial charge >= 0.3 is 6.03 Å². The molecule has 0 aromatic heterocycles. The average Bonchev–Trinajstić information content (AvgIpc) is 2.14. The average molecular weight is 147 g/mol. The predicted octanol–water partition coefficient (Wildman–Crippen LogP) is -0.0840. The first-order chi connectivity index (χ1) is 4.20. The van der Waals surface area contributed by atoms with Crippen LogP contribution in [0, 0.1) is 0 Å². The largest absolute Gasteiger partial charge is 0.341 e. The van der Waals surface area contributed by atoms with Gasteiger partial charge in [-0.3, -0.25) is 4.79 Å². The van der Waals surface area contributed by atoms with Gasteiger partial charge in [-0.25, -0.2) is 4.79 Å². The summed E-state index contributed by atoms with van der Waals surface area (Å²) in [6.07, 6.45) is 0. The third kappa shape index (κ3) is 1.26. The van der Waals surface area contributed by atoms with Gasteiger partial charge in [-0.1, -0.05) is 0 Å². The number of urea groups is 1. The van der Waals surface area contributed by atoms with Crippen LogP contribution in [0.15, 0.2) is 4.99 Å². The molecule has 0 bridgehead atoms. The van der Waals surface area contributed by atoms with Crippen molar-refractivity contribution in [3.05, 3.63) is 0 Å². The summed E-state index contributed by atoms with van der Waals surface area (Å²) in [6.45, 7) is 0.154. The standard InChI is InChI=1S/C4H3ClN2O2/c5-3(8)2-1-6-4(9)7-2/h1H2,(H,6,9). The first kappa shape index (κ1) is 6.22. The summed E-state index contributed by atoms with van der Waals surface area (Å²) >= 11 is 4.99. The van der Waals surface area contributed by atoms with Crippen molar-refractivity contribution in [1.29, 1.82) is 0 Å². The van der Waals surface area contributed by atoms with E-state index in [1.54, 1.807) is 0 Å². The highest BCUT2D eigenvalue weighted by molar-refractivity contribution is 6.82. The van der Waals surface area contributed by atoms with Crippen LogP contribution in [0.1, 0.15) is 0 Å². The highest BCUT2D eigenvalue weighted by Gasteiger charge is 2.16. The Morgan fingerprint density at radius 3 is 2.67 bits per heavy atom. The van der Waals surface area contributed by atoms with Crippen molar-refractivity contribution in [1.82, 2.24) is 5.32 Å². The van der Waals surface area contributed by atoms with Crippen LogP contribution in [0.5, 0.6) is 0 Å². The van der Waals surface area contributed by atoms with Gasteiger partial charge in [0.2, 0.25) is 0 Å². The van der Waals surface area contributed by atoms with Crippen molar-refractivity contribution in [2.24, 2.45) is 4.99 Å². The van der Waals surface area contributed by atoms with E-state index in [1.165, 1.54) is 0 Å². The summed E-state index contributed by atoms with van der Waals surface area (Å²) in [5.41, 5.74) is 0.0849. The number of amides is 2. The Morgan fingerprint density at radius 2 is 2.44 bits per heavy atom. The highest BCUT2D eigenvalue weighted by Crippen LogP contribution is 1.93. The minimum atomic E-state index is -0.673. The van der Waals surface area contributed by atoms with Crippen molar-refractivity contribution < 1.29 is 9.59 Å². The van der Waals surface area contributed by atoms with Gasteiger partial charge in [-0.05, 0) is 11.6 Å². The predicted molar refractivity (Wildman–Crippen MR) is 31.7 cm³/mol. The minimum Gasteiger partial charge on any atom is -0.330 e. The normalized spacial score (nSPS) is 17.0. The van der Waals surface area contributed by atoms with Gasteiger partial charge < -0.3 is 5.32 Å². The molecule has 1 aliphatic heterocycles. The third-order valence-corrected chi connectivity index (χ3v) is 1.09. The smallest absolute Gasteiger partial charge is 0.330 e. The number of rotatable bonds is 1. The van der Waals surface area contributed by atoms with Crippen LogP contribution in [-0.4, -0.2) is 23.5 Å². The van der Waals surface area contributed by atoms with Crippen LogP contribution in [0.4, 0.5) is 4.79 Å². The molecule has 9 heavy (non-hydrogen) atoms. The van der Waals surface area contributed by atoms with E-state index >= 15 is 0 Å². The number of hydrogen-bond donors (Lipinski definition) is 1. The molecular weight excluding hydrogens is 144 g/mol. The number of aliphatic imine (C=N–C) groups is 1. The summed E-state index contributed by atoms with van der Waals surface area (Å²) in [5.74, 6) is 0. The molecule has 1 rings (SSSR count). The topological polar surface area (TPSA) is 58.5 Å². The van der Waals surface area contributed by atoms with Crippen molar-refractivity contribution in [3.8, 4) is 0 Å². The second kappa shape index (κ2) is 2.14. The van der Waals surface area contributed by atoms with E-state index in [0.717, 1.165) is 0 Å². The molecule has 48 valence electrons. The fraction of sp³-hybridized carbons (Fsp3) is 0.250. The first-order valence-corrected chi connectivity index (χ1v) is 2.63. The minimum absolute atomic E-state index is 0.0849. The summed E-state index contributed by atoms with van der Waals surface area (Å²) < 4.78 is 0. The van der Waals surface area contributed by atoms with E-state index in [-0.39, 0.29) is 12.3 Å². The molecule has 0 saturated carbocycles. The molecule has 5 heteroatoms. The second-order valence-electron chi connectivity index (χ2n) is 1.49. The molecule has 0 aliphatic carbocycles. The number of carbonyl (C=O) groups excluding carboxylic acids is 2. The summed E-state index contributed by atoms with van der Waals surface area (Å²) in [7, 11) is 0. The Balaban J connectivity index is 2.74. The van der Waals surface area contributed by atoms with Gasteiger partial charge in [-0.2, -0.15) is 4.99 Å². The second-order valence-corrected chi connectivity index (χ2v) is 1.83. The van der Waals surface area contributed by atoms with Crippen molar-refractivity contribution >= 4 is 28.6 Å². The quantitative estimate of drug-likeness (QED) is 0.526. The van der Waals surface area contributed by atoms with Crippen LogP contribution in [0.25, 0.3) is 0 Å². The lowest BCUT2D eigenvalue weighted by atomic mass is 10.4. The number of halogens is 1. The number of nitrogens with zero attached hydrogens (tertiary/aromatic N) is 1. The molecule has 1 heterocycles. The van der Waals surface area contributed by atoms with Gasteiger partial charge in [0.05, 0.1) is 6.54 Å². The van der Waals surface area contributed by atoms with Gasteiger partial charge in [0, 0.05) is 0 Å². The van der Waals surface area contributed by atoms with Crippen molar-refractivity contribution in [2.45, 2.75) is 0 Å². The maximum atomic E-state index is 10.2. The molecule has 2 amide bonds. The van der Waals surface area contributed by atoms with Crippen molar-refractivity contribution in [3.63, 3.8) is 0 Å². The Hall–Kier alpha value is -0.900. The maximum absolute atomic E-state index is 10.2. The molecule has 0 spiro atoms. The van der Waals surface area contributed by atoms with E-state index < -0.39 is 11.3 Å². The van der Waals surface area contributed by atoms with E-state index in [0.29, 0.717) is 0 Å². The zero-order valence-corrected chi connectivity index (χ0v) is 5.10. The molecule has 0 radical (unpaired) electrons. The maximum Gasteiger partial charge on any atom is 0.341 e. The van der Waals surface area contributed by atoms with E-state index in [2.05, 4.69) is 10.3 Å². The van der Waals surface area contributed by atoms with Gasteiger partial charge in [0.25, 0.3) is 5.24 Å². The molecule has 0 unspecified atom stereocenters. The molecule has 1 aliphatic rings. The van der Waals surface area contributed by atoms with E-state index in [1.807, 2.05) is 0 Å². The van der Waals surface area contributed by atoms with Crippen molar-refractivity contribution in [2.75, 3.05) is 6.54 Å². The Morgan fingerprint density at radius 1 is 1.78 bits per heavy atom. The molecular formula is C4H3ClN2O2. The molecule has 0 saturated heterocycles. The summed E-state index contributed by atoms with van der Waals surface area (Å²) in [6, 6.07) is -0.501. The molecule has 4 nitrogen and oxygen atoms in total. The lowest BCUT2D eigenvalue weighted by Crippen LogP contribution is -2.19. The Kier molecular flexibility index (Phi) is 1.48. The fourth-order valence-electron chi connectivity index (χ4n) is 0.474. The number of carbonyl (C=O) groups is 2. The van der Waals surface area contributed by atoms with Crippen LogP contribution < -0.4 is 5.32 Å². The van der Waals surface area contributed by atoms with Crippen LogP contribution in [-0.2, 0) is 4.79 Å². The Bertz CT molecular complexity index is 199. The number of hydrogen-bond acceptors (Lipinski definition) is 2. The fourth-order valence-corrected chi connectivity index (χ4v) is 0.583. The molecule has 0 fully saturated rings. The Labute approximate surface area is 55.9 Å². The van der Waals surface area contributed by atoms with E-state index in [9.17, 15) is 9.59 Å². The highest BCUT2D eigenvalue weighted by atomic mass is 35.5. The lowest BCUT2D eigenvalue weighted by Gasteiger charge is -1.84. The first-order valence-electron chi connectivity index (χ1n) is 2.25.